The molecule has 0 saturated heterocycles. The molecule has 1 aromatic carbocycles. The van der Waals surface area contributed by atoms with E-state index in [0.29, 0.717) is 24.0 Å². The Labute approximate surface area is 118 Å². The molecule has 102 valence electrons. The topological polar surface area (TPSA) is 44.5 Å². The molecule has 0 spiro atoms. The van der Waals surface area contributed by atoms with E-state index < -0.39 is 0 Å². The van der Waals surface area contributed by atoms with E-state index in [1.54, 1.807) is 18.9 Å². The van der Waals surface area contributed by atoms with Crippen LogP contribution in [-0.2, 0) is 11.2 Å². The third-order valence-electron chi connectivity index (χ3n) is 2.42. The molecule has 5 heteroatoms. The first-order valence-corrected chi connectivity index (χ1v) is 7.59. The van der Waals surface area contributed by atoms with E-state index in [1.165, 1.54) is 0 Å². The van der Waals surface area contributed by atoms with E-state index in [-0.39, 0.29) is 6.04 Å². The summed E-state index contributed by atoms with van der Waals surface area (Å²) in [5.74, 6) is 1.64. The van der Waals surface area contributed by atoms with Crippen molar-refractivity contribution in [3.8, 4) is 5.75 Å². The minimum absolute atomic E-state index is 0.160. The van der Waals surface area contributed by atoms with Gasteiger partial charge in [0.15, 0.2) is 0 Å². The van der Waals surface area contributed by atoms with Gasteiger partial charge in [0, 0.05) is 18.9 Å². The van der Waals surface area contributed by atoms with Crippen LogP contribution in [-0.4, -0.2) is 38.4 Å². The van der Waals surface area contributed by atoms with Crippen molar-refractivity contribution in [2.24, 2.45) is 5.73 Å². The van der Waals surface area contributed by atoms with Gasteiger partial charge in [0.25, 0.3) is 0 Å². The molecule has 0 aliphatic heterocycles. The van der Waals surface area contributed by atoms with Gasteiger partial charge in [-0.05, 0) is 30.4 Å². The van der Waals surface area contributed by atoms with Crippen LogP contribution in [0.4, 0.5) is 0 Å². The zero-order valence-electron chi connectivity index (χ0n) is 10.8. The lowest BCUT2D eigenvalue weighted by atomic mass is 10.1. The SMILES string of the molecule is COCCOc1cc(CC(N)CSC)ccc1Cl. The normalized spacial score (nSPS) is 12.4. The van der Waals surface area contributed by atoms with Gasteiger partial charge in [0.2, 0.25) is 0 Å². The molecule has 1 unspecified atom stereocenters. The average Bonchev–Trinajstić information content (AvgIpc) is 2.34. The Morgan fingerprint density at radius 2 is 2.17 bits per heavy atom. The number of ether oxygens (including phenoxy) is 2. The van der Waals surface area contributed by atoms with Crippen LogP contribution in [0.3, 0.4) is 0 Å². The summed E-state index contributed by atoms with van der Waals surface area (Å²) in [4.78, 5) is 0. The molecule has 1 aromatic rings. The predicted octanol–water partition coefficient (Wildman–Crippen LogP) is 2.60. The third-order valence-corrected chi connectivity index (χ3v) is 3.49. The quantitative estimate of drug-likeness (QED) is 0.747. The third kappa shape index (κ3) is 5.48. The Morgan fingerprint density at radius 1 is 1.39 bits per heavy atom. The van der Waals surface area contributed by atoms with Crippen molar-refractivity contribution in [2.45, 2.75) is 12.5 Å². The van der Waals surface area contributed by atoms with Gasteiger partial charge in [-0.3, -0.25) is 0 Å². The largest absolute Gasteiger partial charge is 0.490 e. The van der Waals surface area contributed by atoms with Crippen LogP contribution in [0.5, 0.6) is 5.75 Å². The number of hydrogen-bond acceptors (Lipinski definition) is 4. The van der Waals surface area contributed by atoms with E-state index in [2.05, 4.69) is 6.26 Å². The summed E-state index contributed by atoms with van der Waals surface area (Å²) < 4.78 is 10.5. The van der Waals surface area contributed by atoms with Crippen molar-refractivity contribution >= 4 is 23.4 Å². The van der Waals surface area contributed by atoms with Crippen LogP contribution in [0.25, 0.3) is 0 Å². The van der Waals surface area contributed by atoms with Gasteiger partial charge in [-0.2, -0.15) is 11.8 Å². The number of hydrogen-bond donors (Lipinski definition) is 1. The molecular weight excluding hydrogens is 270 g/mol. The van der Waals surface area contributed by atoms with Gasteiger partial charge in [-0.15, -0.1) is 0 Å². The maximum atomic E-state index is 6.07. The van der Waals surface area contributed by atoms with Crippen LogP contribution >= 0.6 is 23.4 Å². The minimum atomic E-state index is 0.160. The Bertz CT molecular complexity index is 363. The highest BCUT2D eigenvalue weighted by Gasteiger charge is 2.07. The van der Waals surface area contributed by atoms with Crippen LogP contribution < -0.4 is 10.5 Å². The summed E-state index contributed by atoms with van der Waals surface area (Å²) in [6.45, 7) is 1.04. The molecule has 0 aliphatic carbocycles. The number of benzene rings is 1. The molecular formula is C13H20ClNO2S. The summed E-state index contributed by atoms with van der Waals surface area (Å²) in [5, 5.41) is 0.619. The summed E-state index contributed by atoms with van der Waals surface area (Å²) in [6.07, 6.45) is 2.89. The molecule has 18 heavy (non-hydrogen) atoms. The molecule has 0 aromatic heterocycles. The summed E-state index contributed by atoms with van der Waals surface area (Å²) in [7, 11) is 1.64. The monoisotopic (exact) mass is 289 g/mol. The molecule has 0 heterocycles. The number of nitrogens with two attached hydrogens (primary N) is 1. The summed E-state index contributed by atoms with van der Waals surface area (Å²) in [5.41, 5.74) is 7.16. The van der Waals surface area contributed by atoms with Gasteiger partial charge < -0.3 is 15.2 Å². The second-order valence-corrected chi connectivity index (χ2v) is 5.34. The second kappa shape index (κ2) is 8.64. The second-order valence-electron chi connectivity index (χ2n) is 4.03. The van der Waals surface area contributed by atoms with Gasteiger partial charge in [-0.1, -0.05) is 17.7 Å². The lowest BCUT2D eigenvalue weighted by Crippen LogP contribution is -2.25. The van der Waals surface area contributed by atoms with Crippen LogP contribution in [0.15, 0.2) is 18.2 Å². The maximum absolute atomic E-state index is 6.07. The Balaban J connectivity index is 2.61. The van der Waals surface area contributed by atoms with Crippen LogP contribution in [0.1, 0.15) is 5.56 Å². The fourth-order valence-electron chi connectivity index (χ4n) is 1.60. The standard InChI is InChI=1S/C13H20ClNO2S/c1-16-5-6-17-13-8-10(3-4-12(13)14)7-11(15)9-18-2/h3-4,8,11H,5-7,9,15H2,1-2H3. The summed E-state index contributed by atoms with van der Waals surface area (Å²) in [6, 6.07) is 5.96. The predicted molar refractivity (Wildman–Crippen MR) is 78.9 cm³/mol. The fraction of sp³-hybridized carbons (Fsp3) is 0.538. The van der Waals surface area contributed by atoms with E-state index in [0.717, 1.165) is 17.7 Å². The first kappa shape index (κ1) is 15.6. The number of halogens is 1. The lowest BCUT2D eigenvalue weighted by molar-refractivity contribution is 0.146. The molecule has 1 rings (SSSR count). The summed E-state index contributed by atoms with van der Waals surface area (Å²) >= 11 is 7.83. The van der Waals surface area contributed by atoms with Crippen molar-refractivity contribution in [1.29, 1.82) is 0 Å². The van der Waals surface area contributed by atoms with E-state index in [4.69, 9.17) is 26.8 Å². The molecule has 0 amide bonds. The highest BCUT2D eigenvalue weighted by molar-refractivity contribution is 7.98. The maximum Gasteiger partial charge on any atom is 0.138 e. The Morgan fingerprint density at radius 3 is 2.83 bits per heavy atom. The highest BCUT2D eigenvalue weighted by atomic mass is 35.5. The van der Waals surface area contributed by atoms with Crippen molar-refractivity contribution in [3.05, 3.63) is 28.8 Å². The van der Waals surface area contributed by atoms with Crippen LogP contribution in [0, 0.1) is 0 Å². The van der Waals surface area contributed by atoms with Crippen LogP contribution in [0.2, 0.25) is 5.02 Å². The number of rotatable bonds is 8. The Kier molecular flexibility index (Phi) is 7.51. The van der Waals surface area contributed by atoms with E-state index in [1.807, 2.05) is 18.2 Å². The minimum Gasteiger partial charge on any atom is -0.490 e. The molecule has 2 N–H and O–H groups in total. The van der Waals surface area contributed by atoms with Gasteiger partial charge in [0.1, 0.15) is 12.4 Å². The van der Waals surface area contributed by atoms with Crippen molar-refractivity contribution in [3.63, 3.8) is 0 Å². The van der Waals surface area contributed by atoms with Gasteiger partial charge >= 0.3 is 0 Å². The fourth-order valence-corrected chi connectivity index (χ4v) is 2.31. The zero-order chi connectivity index (χ0) is 13.4. The van der Waals surface area contributed by atoms with E-state index >= 15 is 0 Å². The molecule has 3 nitrogen and oxygen atoms in total. The van der Waals surface area contributed by atoms with Gasteiger partial charge in [0.05, 0.1) is 11.6 Å². The smallest absolute Gasteiger partial charge is 0.138 e. The van der Waals surface area contributed by atoms with Crippen molar-refractivity contribution < 1.29 is 9.47 Å². The molecule has 0 aliphatic rings. The first-order chi connectivity index (χ1) is 8.67. The Hall–Kier alpha value is -0.420. The molecule has 0 saturated carbocycles. The van der Waals surface area contributed by atoms with E-state index in [9.17, 15) is 0 Å². The van der Waals surface area contributed by atoms with Crippen molar-refractivity contribution in [2.75, 3.05) is 32.3 Å². The first-order valence-electron chi connectivity index (χ1n) is 5.82. The van der Waals surface area contributed by atoms with Gasteiger partial charge in [-0.25, -0.2) is 0 Å². The zero-order valence-corrected chi connectivity index (χ0v) is 12.4. The number of methoxy groups -OCH3 is 1. The highest BCUT2D eigenvalue weighted by Crippen LogP contribution is 2.26. The average molecular weight is 290 g/mol. The van der Waals surface area contributed by atoms with Crippen molar-refractivity contribution in [1.82, 2.24) is 0 Å². The molecule has 0 bridgehead atoms. The molecule has 0 fully saturated rings. The lowest BCUT2D eigenvalue weighted by Gasteiger charge is -2.12. The molecule has 1 atom stereocenters. The number of thioether (sulfide) groups is 1. The molecule has 0 radical (unpaired) electrons.